The molecule has 1 saturated heterocycles. The minimum Gasteiger partial charge on any atom is -0.366 e. The molecule has 0 spiro atoms. The van der Waals surface area contributed by atoms with Crippen LogP contribution in [0.3, 0.4) is 0 Å². The van der Waals surface area contributed by atoms with Crippen LogP contribution in [0.15, 0.2) is 78.9 Å². The standard InChI is InChI=1S/C33H37N5O4/c1-20(34)31(40)37-28(17-21-11-13-24(14-12-21)30(35)39)33(42)38-19-25(22-7-3-2-4-8-22)18-29(38)32(41)36-27-16-15-23-9-5-6-10-26(23)27/h2-14,20,25,27-29H,15-19,34H2,1H3,(H2,35,39)(H,36,41)(H,37,40)/t20-,25+,27-,28+,29+/m1/s1. The number of hydrogen-bond donors (Lipinski definition) is 4. The lowest BCUT2D eigenvalue weighted by molar-refractivity contribution is -0.141. The second-order valence-electron chi connectivity index (χ2n) is 11.3. The van der Waals surface area contributed by atoms with Crippen LogP contribution in [0.4, 0.5) is 0 Å². The Bertz CT molecular complexity index is 1460. The Morgan fingerprint density at radius 3 is 2.33 bits per heavy atom. The van der Waals surface area contributed by atoms with Gasteiger partial charge < -0.3 is 27.0 Å². The Morgan fingerprint density at radius 1 is 0.952 bits per heavy atom. The van der Waals surface area contributed by atoms with Crippen LogP contribution in [0.5, 0.6) is 0 Å². The molecule has 0 unspecified atom stereocenters. The molecule has 42 heavy (non-hydrogen) atoms. The highest BCUT2D eigenvalue weighted by Gasteiger charge is 2.43. The van der Waals surface area contributed by atoms with Crippen LogP contribution >= 0.6 is 0 Å². The average molecular weight is 568 g/mol. The largest absolute Gasteiger partial charge is 0.366 e. The molecule has 0 bridgehead atoms. The molecule has 5 atom stereocenters. The van der Waals surface area contributed by atoms with Crippen LogP contribution in [-0.4, -0.2) is 53.2 Å². The third-order valence-electron chi connectivity index (χ3n) is 8.31. The van der Waals surface area contributed by atoms with Crippen molar-refractivity contribution in [2.24, 2.45) is 11.5 Å². The quantitative estimate of drug-likeness (QED) is 0.313. The summed E-state index contributed by atoms with van der Waals surface area (Å²) in [5, 5.41) is 6.02. The molecule has 9 heteroatoms. The van der Waals surface area contributed by atoms with Gasteiger partial charge in [-0.3, -0.25) is 19.2 Å². The lowest BCUT2D eigenvalue weighted by Gasteiger charge is -2.30. The van der Waals surface area contributed by atoms with E-state index in [2.05, 4.69) is 16.7 Å². The third kappa shape index (κ3) is 6.36. The number of primary amides is 1. The van der Waals surface area contributed by atoms with E-state index in [1.54, 1.807) is 36.1 Å². The summed E-state index contributed by atoms with van der Waals surface area (Å²) in [6.45, 7) is 1.89. The zero-order valence-corrected chi connectivity index (χ0v) is 23.7. The fourth-order valence-corrected chi connectivity index (χ4v) is 6.01. The van der Waals surface area contributed by atoms with Gasteiger partial charge in [0.25, 0.3) is 0 Å². The molecule has 1 heterocycles. The number of rotatable bonds is 9. The molecule has 1 aliphatic carbocycles. The molecule has 6 N–H and O–H groups in total. The zero-order valence-electron chi connectivity index (χ0n) is 23.7. The summed E-state index contributed by atoms with van der Waals surface area (Å²) in [6.07, 6.45) is 2.33. The summed E-state index contributed by atoms with van der Waals surface area (Å²) >= 11 is 0. The van der Waals surface area contributed by atoms with E-state index in [0.29, 0.717) is 18.5 Å². The van der Waals surface area contributed by atoms with Crippen molar-refractivity contribution in [3.8, 4) is 0 Å². The number of carbonyl (C=O) groups is 4. The monoisotopic (exact) mass is 567 g/mol. The molecule has 0 saturated carbocycles. The highest BCUT2D eigenvalue weighted by Crippen LogP contribution is 2.35. The number of aryl methyl sites for hydroxylation is 1. The molecule has 4 amide bonds. The maximum absolute atomic E-state index is 14.2. The summed E-state index contributed by atoms with van der Waals surface area (Å²) in [5.41, 5.74) is 15.7. The maximum Gasteiger partial charge on any atom is 0.248 e. The van der Waals surface area contributed by atoms with Gasteiger partial charge in [0, 0.05) is 24.4 Å². The van der Waals surface area contributed by atoms with Crippen LogP contribution in [0.2, 0.25) is 0 Å². The number of hydrogen-bond acceptors (Lipinski definition) is 5. The van der Waals surface area contributed by atoms with Crippen molar-refractivity contribution in [1.82, 2.24) is 15.5 Å². The van der Waals surface area contributed by atoms with Gasteiger partial charge in [0.2, 0.25) is 23.6 Å². The maximum atomic E-state index is 14.2. The molecular formula is C33H37N5O4. The van der Waals surface area contributed by atoms with Crippen LogP contribution < -0.4 is 22.1 Å². The lowest BCUT2D eigenvalue weighted by atomic mass is 9.96. The number of fused-ring (bicyclic) bond motifs is 1. The summed E-state index contributed by atoms with van der Waals surface area (Å²) < 4.78 is 0. The van der Waals surface area contributed by atoms with Gasteiger partial charge in [0.1, 0.15) is 12.1 Å². The van der Waals surface area contributed by atoms with Gasteiger partial charge in [-0.1, -0.05) is 66.7 Å². The Morgan fingerprint density at radius 2 is 1.64 bits per heavy atom. The van der Waals surface area contributed by atoms with Gasteiger partial charge in [0.15, 0.2) is 0 Å². The number of likely N-dealkylation sites (tertiary alicyclic amines) is 1. The van der Waals surface area contributed by atoms with E-state index < -0.39 is 29.9 Å². The molecule has 3 aromatic carbocycles. The first kappa shape index (κ1) is 29.0. The highest BCUT2D eigenvalue weighted by molar-refractivity contribution is 5.94. The lowest BCUT2D eigenvalue weighted by Crippen LogP contribution is -2.56. The Balaban J connectivity index is 1.41. The molecule has 0 aromatic heterocycles. The predicted octanol–water partition coefficient (Wildman–Crippen LogP) is 2.35. The molecule has 0 radical (unpaired) electrons. The van der Waals surface area contributed by atoms with Crippen molar-refractivity contribution in [2.75, 3.05) is 6.54 Å². The first-order valence-electron chi connectivity index (χ1n) is 14.4. The van der Waals surface area contributed by atoms with Crippen molar-refractivity contribution in [2.45, 2.75) is 62.7 Å². The minimum absolute atomic E-state index is 0.0404. The van der Waals surface area contributed by atoms with Crippen molar-refractivity contribution in [1.29, 1.82) is 0 Å². The van der Waals surface area contributed by atoms with Crippen molar-refractivity contribution in [3.05, 3.63) is 107 Å². The summed E-state index contributed by atoms with van der Waals surface area (Å²) in [6, 6.07) is 21.9. The molecule has 2 aliphatic rings. The van der Waals surface area contributed by atoms with Gasteiger partial charge in [-0.25, -0.2) is 0 Å². The Kier molecular flexibility index (Phi) is 8.68. The smallest absolute Gasteiger partial charge is 0.248 e. The van der Waals surface area contributed by atoms with E-state index in [0.717, 1.165) is 29.5 Å². The summed E-state index contributed by atoms with van der Waals surface area (Å²) in [4.78, 5) is 53.9. The van der Waals surface area contributed by atoms with E-state index in [9.17, 15) is 19.2 Å². The van der Waals surface area contributed by atoms with Crippen LogP contribution in [0.25, 0.3) is 0 Å². The number of benzene rings is 3. The number of nitrogens with zero attached hydrogens (tertiary/aromatic N) is 1. The Hall–Kier alpha value is -4.50. The van der Waals surface area contributed by atoms with Gasteiger partial charge in [-0.05, 0) is 60.6 Å². The van der Waals surface area contributed by atoms with Gasteiger partial charge in [-0.2, -0.15) is 0 Å². The third-order valence-corrected chi connectivity index (χ3v) is 8.31. The van der Waals surface area contributed by atoms with Crippen LogP contribution in [0, 0.1) is 0 Å². The van der Waals surface area contributed by atoms with Gasteiger partial charge in [0.05, 0.1) is 12.1 Å². The first-order chi connectivity index (χ1) is 20.2. The van der Waals surface area contributed by atoms with Gasteiger partial charge >= 0.3 is 0 Å². The van der Waals surface area contributed by atoms with Crippen molar-refractivity contribution >= 4 is 23.6 Å². The molecule has 5 rings (SSSR count). The molecular weight excluding hydrogens is 530 g/mol. The predicted molar refractivity (Wildman–Crippen MR) is 159 cm³/mol. The second-order valence-corrected chi connectivity index (χ2v) is 11.3. The minimum atomic E-state index is -0.958. The topological polar surface area (TPSA) is 148 Å². The fourth-order valence-electron chi connectivity index (χ4n) is 6.01. The normalized spacial score (nSPS) is 20.8. The second kappa shape index (κ2) is 12.6. The number of amides is 4. The highest BCUT2D eigenvalue weighted by atomic mass is 16.2. The van der Waals surface area contributed by atoms with E-state index in [1.807, 2.05) is 48.5 Å². The average Bonchev–Trinajstić information content (AvgIpc) is 3.62. The molecule has 218 valence electrons. The number of nitrogens with two attached hydrogens (primary N) is 2. The molecule has 3 aromatic rings. The van der Waals surface area contributed by atoms with Crippen LogP contribution in [-0.2, 0) is 27.2 Å². The molecule has 9 nitrogen and oxygen atoms in total. The first-order valence-corrected chi connectivity index (χ1v) is 14.4. The fraction of sp³-hybridized carbons (Fsp3) is 0.333. The van der Waals surface area contributed by atoms with Crippen LogP contribution in [0.1, 0.15) is 64.3 Å². The van der Waals surface area contributed by atoms with E-state index in [1.165, 1.54) is 5.56 Å². The number of nitrogens with one attached hydrogen (secondary N) is 2. The van der Waals surface area contributed by atoms with E-state index >= 15 is 0 Å². The van der Waals surface area contributed by atoms with Crippen molar-refractivity contribution in [3.63, 3.8) is 0 Å². The summed E-state index contributed by atoms with van der Waals surface area (Å²) in [5.74, 6) is -1.62. The van der Waals surface area contributed by atoms with Crippen molar-refractivity contribution < 1.29 is 19.2 Å². The number of carbonyl (C=O) groups excluding carboxylic acids is 4. The van der Waals surface area contributed by atoms with E-state index in [-0.39, 0.29) is 30.2 Å². The zero-order chi connectivity index (χ0) is 29.8. The van der Waals surface area contributed by atoms with E-state index in [4.69, 9.17) is 11.5 Å². The van der Waals surface area contributed by atoms with Gasteiger partial charge in [-0.15, -0.1) is 0 Å². The SMILES string of the molecule is C[C@@H](N)C(=O)N[C@@H](Cc1ccc(C(N)=O)cc1)C(=O)N1C[C@@H](c2ccccc2)C[C@H]1C(=O)N[C@@H]1CCc2ccccc21. The summed E-state index contributed by atoms with van der Waals surface area (Å²) in [7, 11) is 0. The molecule has 1 aliphatic heterocycles. The molecule has 1 fully saturated rings. The Labute approximate surface area is 245 Å².